The highest BCUT2D eigenvalue weighted by atomic mass is 16.1. The Kier molecular flexibility index (Phi) is 4.85. The fourth-order valence-corrected chi connectivity index (χ4v) is 3.52. The van der Waals surface area contributed by atoms with Gasteiger partial charge in [-0.15, -0.1) is 0 Å². The summed E-state index contributed by atoms with van der Waals surface area (Å²) in [6.45, 7) is 8.71. The molecule has 3 aromatic rings. The Morgan fingerprint density at radius 1 is 1.07 bits per heavy atom. The first-order valence-corrected chi connectivity index (χ1v) is 9.34. The average molecular weight is 364 g/mol. The number of hydrogen-bond acceptors (Lipinski definition) is 6. The molecule has 1 saturated heterocycles. The van der Waals surface area contributed by atoms with Gasteiger partial charge < -0.3 is 4.90 Å². The zero-order chi connectivity index (χ0) is 18.8. The summed E-state index contributed by atoms with van der Waals surface area (Å²) in [5, 5.41) is 0.678. The lowest BCUT2D eigenvalue weighted by atomic mass is 10.2. The molecule has 7 heteroatoms. The van der Waals surface area contributed by atoms with E-state index in [0.29, 0.717) is 5.39 Å². The molecule has 1 aliphatic rings. The van der Waals surface area contributed by atoms with E-state index in [9.17, 15) is 4.79 Å². The van der Waals surface area contributed by atoms with E-state index in [2.05, 4.69) is 24.8 Å². The fourth-order valence-electron chi connectivity index (χ4n) is 3.52. The summed E-state index contributed by atoms with van der Waals surface area (Å²) in [7, 11) is 0. The molecule has 27 heavy (non-hydrogen) atoms. The van der Waals surface area contributed by atoms with Crippen LogP contribution in [0.4, 0.5) is 5.69 Å². The Morgan fingerprint density at radius 2 is 1.81 bits per heavy atom. The van der Waals surface area contributed by atoms with Crippen molar-refractivity contribution in [1.82, 2.24) is 24.4 Å². The van der Waals surface area contributed by atoms with E-state index < -0.39 is 0 Å². The largest absolute Gasteiger partial charge is 0.369 e. The highest BCUT2D eigenvalue weighted by Gasteiger charge is 2.18. The van der Waals surface area contributed by atoms with Gasteiger partial charge in [0.15, 0.2) is 0 Å². The highest BCUT2D eigenvalue weighted by Crippen LogP contribution is 2.21. The molecule has 1 fully saturated rings. The maximum absolute atomic E-state index is 12.6. The molecule has 0 atom stereocenters. The van der Waals surface area contributed by atoms with Gasteiger partial charge in [-0.3, -0.25) is 14.3 Å². The Bertz CT molecular complexity index is 977. The van der Waals surface area contributed by atoms with Crippen molar-refractivity contribution in [1.29, 1.82) is 0 Å². The van der Waals surface area contributed by atoms with Gasteiger partial charge in [-0.05, 0) is 32.0 Å². The maximum Gasteiger partial charge on any atom is 0.261 e. The van der Waals surface area contributed by atoms with E-state index >= 15 is 0 Å². The van der Waals surface area contributed by atoms with Crippen molar-refractivity contribution in [2.45, 2.75) is 26.4 Å². The predicted octanol–water partition coefficient (Wildman–Crippen LogP) is 2.09. The predicted molar refractivity (Wildman–Crippen MR) is 106 cm³/mol. The monoisotopic (exact) mass is 364 g/mol. The summed E-state index contributed by atoms with van der Waals surface area (Å²) in [4.78, 5) is 30.0. The van der Waals surface area contributed by atoms with Crippen LogP contribution in [-0.2, 0) is 6.54 Å². The lowest BCUT2D eigenvalue weighted by Crippen LogP contribution is -2.46. The molecule has 0 bridgehead atoms. The third-order valence-corrected chi connectivity index (χ3v) is 5.08. The molecular weight excluding hydrogens is 340 g/mol. The Balaban J connectivity index is 1.47. The van der Waals surface area contributed by atoms with E-state index in [1.807, 2.05) is 44.4 Å². The first-order valence-electron chi connectivity index (χ1n) is 9.34. The fraction of sp³-hybridized carbons (Fsp3) is 0.400. The molecule has 2 aromatic heterocycles. The van der Waals surface area contributed by atoms with Crippen LogP contribution in [-0.4, -0.2) is 50.6 Å². The van der Waals surface area contributed by atoms with E-state index in [4.69, 9.17) is 0 Å². The molecule has 0 unspecified atom stereocenters. The number of rotatable bonds is 4. The SMILES string of the molecule is CC(C)n1cnc2cc(N3CCN(Cc4cncnc4)CC3)ccc2c1=O. The quantitative estimate of drug-likeness (QED) is 0.706. The molecule has 3 heterocycles. The van der Waals surface area contributed by atoms with Crippen LogP contribution >= 0.6 is 0 Å². The molecule has 0 amide bonds. The Morgan fingerprint density at radius 3 is 2.52 bits per heavy atom. The number of anilines is 1. The smallest absolute Gasteiger partial charge is 0.261 e. The number of piperazine rings is 1. The van der Waals surface area contributed by atoms with Gasteiger partial charge >= 0.3 is 0 Å². The van der Waals surface area contributed by atoms with Gasteiger partial charge in [0, 0.05) is 62.4 Å². The molecule has 0 radical (unpaired) electrons. The summed E-state index contributed by atoms with van der Waals surface area (Å²) in [6, 6.07) is 6.09. The van der Waals surface area contributed by atoms with Gasteiger partial charge in [-0.1, -0.05) is 0 Å². The second-order valence-corrected chi connectivity index (χ2v) is 7.26. The normalized spacial score (nSPS) is 15.6. The number of aromatic nitrogens is 4. The lowest BCUT2D eigenvalue weighted by Gasteiger charge is -2.36. The third kappa shape index (κ3) is 3.68. The minimum atomic E-state index is 0.0245. The maximum atomic E-state index is 12.6. The number of hydrogen-bond donors (Lipinski definition) is 0. The summed E-state index contributed by atoms with van der Waals surface area (Å²) in [5.41, 5.74) is 3.05. The standard InChI is InChI=1S/C20H24N6O/c1-15(2)26-14-23-19-9-17(3-4-18(19)20(26)27)25-7-5-24(6-8-25)12-16-10-21-13-22-11-16/h3-4,9-11,13-15H,5-8,12H2,1-2H3. The zero-order valence-corrected chi connectivity index (χ0v) is 15.7. The molecule has 4 rings (SSSR count). The van der Waals surface area contributed by atoms with Crippen molar-refractivity contribution in [3.05, 3.63) is 59.2 Å². The van der Waals surface area contributed by atoms with Gasteiger partial charge in [0.1, 0.15) is 6.33 Å². The van der Waals surface area contributed by atoms with E-state index in [1.54, 1.807) is 17.2 Å². The van der Waals surface area contributed by atoms with Crippen LogP contribution in [0.15, 0.2) is 48.0 Å². The molecule has 140 valence electrons. The van der Waals surface area contributed by atoms with Crippen LogP contribution in [0, 0.1) is 0 Å². The van der Waals surface area contributed by atoms with Crippen LogP contribution in [0.5, 0.6) is 0 Å². The van der Waals surface area contributed by atoms with Crippen molar-refractivity contribution in [2.24, 2.45) is 0 Å². The van der Waals surface area contributed by atoms with Crippen molar-refractivity contribution in [3.8, 4) is 0 Å². The van der Waals surface area contributed by atoms with Gasteiger partial charge in [-0.25, -0.2) is 15.0 Å². The molecule has 1 aromatic carbocycles. The second kappa shape index (κ2) is 7.44. The first-order chi connectivity index (χ1) is 13.1. The average Bonchev–Trinajstić information content (AvgIpc) is 2.69. The highest BCUT2D eigenvalue weighted by molar-refractivity contribution is 5.81. The number of benzene rings is 1. The van der Waals surface area contributed by atoms with Crippen molar-refractivity contribution in [2.75, 3.05) is 31.1 Å². The van der Waals surface area contributed by atoms with Crippen molar-refractivity contribution in [3.63, 3.8) is 0 Å². The van der Waals surface area contributed by atoms with E-state index in [1.165, 1.54) is 0 Å². The van der Waals surface area contributed by atoms with Crippen molar-refractivity contribution >= 4 is 16.6 Å². The molecule has 1 aliphatic heterocycles. The second-order valence-electron chi connectivity index (χ2n) is 7.26. The van der Waals surface area contributed by atoms with Crippen LogP contribution in [0.2, 0.25) is 0 Å². The summed E-state index contributed by atoms with van der Waals surface area (Å²) in [5.74, 6) is 0. The Hall–Kier alpha value is -2.80. The van der Waals surface area contributed by atoms with E-state index in [0.717, 1.165) is 49.5 Å². The molecule has 0 N–H and O–H groups in total. The first kappa shape index (κ1) is 17.6. The van der Waals surface area contributed by atoms with Crippen LogP contribution in [0.1, 0.15) is 25.5 Å². The summed E-state index contributed by atoms with van der Waals surface area (Å²) in [6.07, 6.45) is 6.96. The third-order valence-electron chi connectivity index (χ3n) is 5.08. The van der Waals surface area contributed by atoms with Gasteiger partial charge in [-0.2, -0.15) is 0 Å². The molecule has 0 saturated carbocycles. The van der Waals surface area contributed by atoms with Gasteiger partial charge in [0.25, 0.3) is 5.56 Å². The van der Waals surface area contributed by atoms with Crippen LogP contribution < -0.4 is 10.5 Å². The molecule has 0 aliphatic carbocycles. The van der Waals surface area contributed by atoms with Gasteiger partial charge in [0.05, 0.1) is 17.2 Å². The molecule has 7 nitrogen and oxygen atoms in total. The topological polar surface area (TPSA) is 67.2 Å². The lowest BCUT2D eigenvalue weighted by molar-refractivity contribution is 0.249. The molecule has 0 spiro atoms. The van der Waals surface area contributed by atoms with Crippen LogP contribution in [0.3, 0.4) is 0 Å². The minimum Gasteiger partial charge on any atom is -0.369 e. The number of fused-ring (bicyclic) bond motifs is 1. The minimum absolute atomic E-state index is 0.0245. The number of nitrogens with zero attached hydrogens (tertiary/aromatic N) is 6. The zero-order valence-electron chi connectivity index (χ0n) is 15.7. The summed E-state index contributed by atoms with van der Waals surface area (Å²) >= 11 is 0. The van der Waals surface area contributed by atoms with Crippen LogP contribution in [0.25, 0.3) is 10.9 Å². The summed E-state index contributed by atoms with van der Waals surface area (Å²) < 4.78 is 1.67. The van der Waals surface area contributed by atoms with E-state index in [-0.39, 0.29) is 11.6 Å². The van der Waals surface area contributed by atoms with Crippen molar-refractivity contribution < 1.29 is 0 Å². The molecular formula is C20H24N6O. The Labute approximate surface area is 158 Å². The van der Waals surface area contributed by atoms with Gasteiger partial charge in [0.2, 0.25) is 0 Å².